The molecule has 2 aromatic rings. The van der Waals surface area contributed by atoms with E-state index in [9.17, 15) is 19.5 Å². The van der Waals surface area contributed by atoms with Crippen LogP contribution in [0.5, 0.6) is 0 Å². The second kappa shape index (κ2) is 12.3. The van der Waals surface area contributed by atoms with E-state index in [4.69, 9.17) is 16.3 Å². The molecule has 7 nitrogen and oxygen atoms in total. The molecule has 9 heteroatoms. The monoisotopic (exact) mass is 608 g/mol. The Morgan fingerprint density at radius 2 is 1.95 bits per heavy atom. The van der Waals surface area contributed by atoms with Crippen molar-refractivity contribution in [1.29, 1.82) is 0 Å². The van der Waals surface area contributed by atoms with Crippen molar-refractivity contribution in [2.75, 3.05) is 24.7 Å². The number of nitrogens with zero attached hydrogens (tertiary/aromatic N) is 2. The van der Waals surface area contributed by atoms with Gasteiger partial charge in [0.05, 0.1) is 39.9 Å². The van der Waals surface area contributed by atoms with Crippen LogP contribution in [0.2, 0.25) is 5.02 Å². The van der Waals surface area contributed by atoms with Gasteiger partial charge in [-0.05, 0) is 42.9 Å². The van der Waals surface area contributed by atoms with Gasteiger partial charge in [0.25, 0.3) is 5.91 Å². The van der Waals surface area contributed by atoms with Crippen molar-refractivity contribution in [1.82, 2.24) is 4.90 Å². The first kappa shape index (κ1) is 30.4. The van der Waals surface area contributed by atoms with E-state index < -0.39 is 34.6 Å². The number of hydrogen-bond donors (Lipinski definition) is 1. The second-order valence-corrected chi connectivity index (χ2v) is 13.3. The number of esters is 1. The van der Waals surface area contributed by atoms with Gasteiger partial charge in [0, 0.05) is 11.8 Å². The number of likely N-dealkylation sites (tertiary alicyclic amines) is 1. The summed E-state index contributed by atoms with van der Waals surface area (Å²) in [6.45, 7) is 11.4. The van der Waals surface area contributed by atoms with Crippen LogP contribution in [-0.2, 0) is 25.5 Å². The highest BCUT2D eigenvalue weighted by atomic mass is 35.5. The summed E-state index contributed by atoms with van der Waals surface area (Å²) in [5.41, 5.74) is 2.31. The van der Waals surface area contributed by atoms with E-state index >= 15 is 0 Å². The third kappa shape index (κ3) is 4.87. The molecule has 2 amide bonds. The van der Waals surface area contributed by atoms with Crippen LogP contribution < -0.4 is 4.90 Å². The highest BCUT2D eigenvalue weighted by Gasteiger charge is 2.77. The number of aliphatic hydroxyl groups is 1. The number of ether oxygens (including phenoxy) is 1. The molecule has 0 saturated carbocycles. The Morgan fingerprint density at radius 3 is 2.60 bits per heavy atom. The highest BCUT2D eigenvalue weighted by molar-refractivity contribution is 8.02. The van der Waals surface area contributed by atoms with Crippen LogP contribution in [0.3, 0.4) is 0 Å². The van der Waals surface area contributed by atoms with E-state index in [1.165, 1.54) is 6.08 Å². The molecule has 1 N–H and O–H groups in total. The molecule has 3 aliphatic heterocycles. The van der Waals surface area contributed by atoms with Crippen molar-refractivity contribution < 1.29 is 24.2 Å². The summed E-state index contributed by atoms with van der Waals surface area (Å²) in [6.07, 6.45) is 4.18. The van der Waals surface area contributed by atoms with Crippen LogP contribution in [0, 0.1) is 24.7 Å². The molecule has 1 spiro atoms. The summed E-state index contributed by atoms with van der Waals surface area (Å²) in [4.78, 5) is 46.2. The molecule has 0 aromatic heterocycles. The number of anilines is 1. The fourth-order valence-electron chi connectivity index (χ4n) is 7.31. The van der Waals surface area contributed by atoms with Gasteiger partial charge in [-0.25, -0.2) is 0 Å². The first-order valence-corrected chi connectivity index (χ1v) is 15.6. The van der Waals surface area contributed by atoms with Crippen LogP contribution in [0.25, 0.3) is 0 Å². The predicted molar refractivity (Wildman–Crippen MR) is 166 cm³/mol. The Balaban J connectivity index is 1.66. The van der Waals surface area contributed by atoms with Gasteiger partial charge in [0.2, 0.25) is 5.91 Å². The molecule has 3 aliphatic rings. The van der Waals surface area contributed by atoms with Crippen molar-refractivity contribution >= 4 is 46.8 Å². The van der Waals surface area contributed by atoms with Crippen LogP contribution >= 0.6 is 23.4 Å². The number of halogens is 1. The molecule has 2 aromatic carbocycles. The largest absolute Gasteiger partial charge is 0.461 e. The number of benzene rings is 2. The van der Waals surface area contributed by atoms with Gasteiger partial charge in [-0.1, -0.05) is 79.7 Å². The van der Waals surface area contributed by atoms with Gasteiger partial charge in [-0.15, -0.1) is 18.3 Å². The number of carbonyl (C=O) groups excluding carboxylic acids is 3. The molecule has 42 heavy (non-hydrogen) atoms. The molecular formula is C33H37ClN2O5S. The Morgan fingerprint density at radius 1 is 1.21 bits per heavy atom. The molecule has 7 atom stereocenters. The Bertz CT molecular complexity index is 1370. The lowest BCUT2D eigenvalue weighted by molar-refractivity contribution is -0.154. The Kier molecular flexibility index (Phi) is 8.88. The Hall–Kier alpha value is -3.07. The lowest BCUT2D eigenvalue weighted by Gasteiger charge is -2.42. The number of para-hydroxylation sites is 1. The molecule has 0 radical (unpaired) electrons. The van der Waals surface area contributed by atoms with Gasteiger partial charge >= 0.3 is 5.97 Å². The normalized spacial score (nSPS) is 28.3. The van der Waals surface area contributed by atoms with Gasteiger partial charge < -0.3 is 19.6 Å². The number of rotatable bonds is 11. The van der Waals surface area contributed by atoms with Gasteiger partial charge in [-0.2, -0.15) is 0 Å². The molecule has 3 heterocycles. The van der Waals surface area contributed by atoms with E-state index in [2.05, 4.69) is 20.1 Å². The molecule has 222 valence electrons. The lowest BCUT2D eigenvalue weighted by atomic mass is 9.66. The third-order valence-corrected chi connectivity index (χ3v) is 11.4. The molecule has 3 unspecified atom stereocenters. The summed E-state index contributed by atoms with van der Waals surface area (Å²) in [7, 11) is 0. The maximum atomic E-state index is 15.0. The van der Waals surface area contributed by atoms with Gasteiger partial charge in [0.15, 0.2) is 0 Å². The van der Waals surface area contributed by atoms with E-state index in [0.29, 0.717) is 23.6 Å². The van der Waals surface area contributed by atoms with Crippen molar-refractivity contribution in [3.05, 3.63) is 90.0 Å². The van der Waals surface area contributed by atoms with Gasteiger partial charge in [0.1, 0.15) is 12.6 Å². The molecule has 2 bridgehead atoms. The minimum atomic E-state index is -0.936. The number of thioether (sulfide) groups is 1. The number of aryl methyl sites for hydroxylation is 1. The smallest absolute Gasteiger partial charge is 0.311 e. The zero-order valence-corrected chi connectivity index (χ0v) is 25.5. The summed E-state index contributed by atoms with van der Waals surface area (Å²) in [5, 5.41) is 11.0. The molecular weight excluding hydrogens is 572 g/mol. The molecule has 3 fully saturated rings. The fourth-order valence-corrected chi connectivity index (χ4v) is 10.0. The number of fused-ring (bicyclic) bond motifs is 1. The predicted octanol–water partition coefficient (Wildman–Crippen LogP) is 4.84. The third-order valence-electron chi connectivity index (χ3n) is 8.99. The lowest BCUT2D eigenvalue weighted by Crippen LogP contribution is -2.59. The van der Waals surface area contributed by atoms with Crippen molar-refractivity contribution in [3.8, 4) is 0 Å². The first-order valence-electron chi connectivity index (χ1n) is 14.3. The SMILES string of the molecule is C=CCOC(=O)[C@@H]1[C@H]2C(=O)N([C@@H](CO)Cc3ccccc3)C(C(=O)N(CC=C)c3c(C)cccc3Cl)C23S[C@@H]1CC3C. The van der Waals surface area contributed by atoms with E-state index in [-0.39, 0.29) is 42.7 Å². The zero-order chi connectivity index (χ0) is 30.2. The summed E-state index contributed by atoms with van der Waals surface area (Å²) >= 11 is 8.25. The zero-order valence-electron chi connectivity index (χ0n) is 23.9. The fraction of sp³-hybridized carbons (Fsp3) is 0.424. The Labute approximate surface area is 256 Å². The second-order valence-electron chi connectivity index (χ2n) is 11.4. The molecule has 5 rings (SSSR count). The minimum absolute atomic E-state index is 0.0437. The van der Waals surface area contributed by atoms with Crippen LogP contribution in [0.4, 0.5) is 5.69 Å². The number of aliphatic hydroxyl groups excluding tert-OH is 1. The maximum absolute atomic E-state index is 15.0. The quantitative estimate of drug-likeness (QED) is 0.290. The van der Waals surface area contributed by atoms with Crippen LogP contribution in [0.15, 0.2) is 73.8 Å². The van der Waals surface area contributed by atoms with Crippen molar-refractivity contribution in [2.45, 2.75) is 48.8 Å². The van der Waals surface area contributed by atoms with E-state index in [1.807, 2.05) is 49.4 Å². The minimum Gasteiger partial charge on any atom is -0.461 e. The average Bonchev–Trinajstić information content (AvgIpc) is 3.58. The number of amides is 2. The van der Waals surface area contributed by atoms with E-state index in [0.717, 1.165) is 11.1 Å². The average molecular weight is 609 g/mol. The maximum Gasteiger partial charge on any atom is 0.311 e. The summed E-state index contributed by atoms with van der Waals surface area (Å²) in [6, 6.07) is 13.4. The van der Waals surface area contributed by atoms with Crippen LogP contribution in [0.1, 0.15) is 24.5 Å². The number of carbonyl (C=O) groups is 3. The molecule has 3 saturated heterocycles. The van der Waals surface area contributed by atoms with Gasteiger partial charge in [-0.3, -0.25) is 14.4 Å². The summed E-state index contributed by atoms with van der Waals surface area (Å²) < 4.78 is 4.62. The highest BCUT2D eigenvalue weighted by Crippen LogP contribution is 2.69. The topological polar surface area (TPSA) is 87.1 Å². The number of hydrogen-bond acceptors (Lipinski definition) is 6. The first-order chi connectivity index (χ1) is 20.2. The van der Waals surface area contributed by atoms with Crippen molar-refractivity contribution in [3.63, 3.8) is 0 Å². The van der Waals surface area contributed by atoms with Crippen LogP contribution in [-0.4, -0.2) is 69.6 Å². The molecule has 0 aliphatic carbocycles. The van der Waals surface area contributed by atoms with Crippen molar-refractivity contribution in [2.24, 2.45) is 17.8 Å². The standard InChI is InChI=1S/C33H37ClN2O5S/c1-5-15-35(28-20(3)11-10-14-24(28)34)31(39)29-33-21(4)17-25(42-33)26(32(40)41-16-6-2)27(33)30(38)36(29)23(19-37)18-22-12-8-7-9-13-22/h5-14,21,23,25-27,29,37H,1-2,15-19H2,3-4H3/t21?,23-,25-,26+,27+,29?,33?/m1/s1. The van der Waals surface area contributed by atoms with E-state index in [1.54, 1.807) is 33.7 Å². The summed E-state index contributed by atoms with van der Waals surface area (Å²) in [5.74, 6) is -2.53.